The van der Waals surface area contributed by atoms with Crippen LogP contribution in [0.1, 0.15) is 22.6 Å². The van der Waals surface area contributed by atoms with E-state index < -0.39 is 24.1 Å². The molecule has 3 nitrogen and oxygen atoms in total. The Morgan fingerprint density at radius 3 is 2.24 bits per heavy atom. The Morgan fingerprint density at radius 2 is 1.68 bits per heavy atom. The van der Waals surface area contributed by atoms with Gasteiger partial charge in [0.1, 0.15) is 12.0 Å². The van der Waals surface area contributed by atoms with Gasteiger partial charge in [0.25, 0.3) is 0 Å². The van der Waals surface area contributed by atoms with Gasteiger partial charge in [-0.05, 0) is 23.1 Å². The van der Waals surface area contributed by atoms with Gasteiger partial charge in [0.2, 0.25) is 0 Å². The number of ether oxygens (including phenoxy) is 1. The summed E-state index contributed by atoms with van der Waals surface area (Å²) in [4.78, 5) is 11.4. The summed E-state index contributed by atoms with van der Waals surface area (Å²) in [5, 5.41) is 0. The zero-order valence-electron chi connectivity index (χ0n) is 13.5. The first-order chi connectivity index (χ1) is 11.3. The van der Waals surface area contributed by atoms with E-state index in [1.54, 1.807) is 24.3 Å². The maximum absolute atomic E-state index is 13.6. The minimum absolute atomic E-state index is 0. The van der Waals surface area contributed by atoms with Crippen LogP contribution in [-0.2, 0) is 16.0 Å². The van der Waals surface area contributed by atoms with Crippen LogP contribution in [0.2, 0.25) is 0 Å². The van der Waals surface area contributed by atoms with Gasteiger partial charge in [-0.15, -0.1) is 12.4 Å². The Bertz CT molecular complexity index is 692. The predicted molar refractivity (Wildman–Crippen MR) is 91.7 cm³/mol. The lowest BCUT2D eigenvalue weighted by molar-refractivity contribution is -0.142. The number of carbonyl (C=O) groups excluding carboxylic acids is 1. The number of hydrogen-bond donors (Lipinski definition) is 1. The van der Waals surface area contributed by atoms with Gasteiger partial charge in [-0.1, -0.05) is 54.6 Å². The number of alkyl halides is 3. The van der Waals surface area contributed by atoms with Crippen LogP contribution < -0.4 is 5.73 Å². The lowest BCUT2D eigenvalue weighted by atomic mass is 9.89. The van der Waals surface area contributed by atoms with Crippen LogP contribution in [0.3, 0.4) is 0 Å². The molecule has 0 aromatic heterocycles. The highest BCUT2D eigenvalue weighted by Gasteiger charge is 2.41. The molecule has 0 spiro atoms. The summed E-state index contributed by atoms with van der Waals surface area (Å²) in [5.74, 6) is -2.33. The Morgan fingerprint density at radius 1 is 1.08 bits per heavy atom. The van der Waals surface area contributed by atoms with E-state index in [-0.39, 0.29) is 30.0 Å². The van der Waals surface area contributed by atoms with Crippen molar-refractivity contribution < 1.29 is 22.7 Å². The molecule has 0 radical (unpaired) electrons. The zero-order valence-corrected chi connectivity index (χ0v) is 14.3. The van der Waals surface area contributed by atoms with Gasteiger partial charge in [0.15, 0.2) is 0 Å². The molecule has 0 saturated heterocycles. The molecule has 7 heteroatoms. The average Bonchev–Trinajstić information content (AvgIpc) is 2.54. The predicted octanol–water partition coefficient (Wildman–Crippen LogP) is 3.85. The fourth-order valence-corrected chi connectivity index (χ4v) is 2.60. The van der Waals surface area contributed by atoms with Gasteiger partial charge in [0, 0.05) is 0 Å². The van der Waals surface area contributed by atoms with Crippen LogP contribution in [0.5, 0.6) is 0 Å². The summed E-state index contributed by atoms with van der Waals surface area (Å²) in [6.07, 6.45) is -4.32. The summed E-state index contributed by atoms with van der Waals surface area (Å²) in [6, 6.07) is 12.9. The number of hydrogen-bond acceptors (Lipinski definition) is 3. The molecular formula is C18H19ClF3NO2. The lowest BCUT2D eigenvalue weighted by Crippen LogP contribution is -2.33. The number of esters is 1. The van der Waals surface area contributed by atoms with Crippen molar-refractivity contribution in [1.29, 1.82) is 0 Å². The van der Waals surface area contributed by atoms with Crippen molar-refractivity contribution in [2.24, 2.45) is 5.73 Å². The fraction of sp³-hybridized carbons (Fsp3) is 0.278. The molecule has 2 N–H and O–H groups in total. The molecule has 2 aromatic carbocycles. The highest BCUT2D eigenvalue weighted by molar-refractivity contribution is 5.85. The van der Waals surface area contributed by atoms with E-state index >= 15 is 0 Å². The Kier molecular flexibility index (Phi) is 7.45. The van der Waals surface area contributed by atoms with E-state index in [1.807, 2.05) is 0 Å². The molecule has 0 fully saturated rings. The maximum Gasteiger partial charge on any atom is 0.399 e. The number of benzene rings is 2. The summed E-state index contributed by atoms with van der Waals surface area (Å²) >= 11 is 0. The van der Waals surface area contributed by atoms with Gasteiger partial charge in [-0.3, -0.25) is 4.79 Å². The Balaban J connectivity index is 0.00000312. The smallest absolute Gasteiger partial charge is 0.399 e. The quantitative estimate of drug-likeness (QED) is 0.810. The van der Waals surface area contributed by atoms with Crippen molar-refractivity contribution in [2.75, 3.05) is 7.11 Å². The second-order valence-electron chi connectivity index (χ2n) is 5.46. The van der Waals surface area contributed by atoms with E-state index in [4.69, 9.17) is 5.73 Å². The molecule has 1 unspecified atom stereocenters. The van der Waals surface area contributed by atoms with Crippen molar-refractivity contribution >= 4 is 18.4 Å². The summed E-state index contributed by atoms with van der Waals surface area (Å²) in [7, 11) is 1.22. The SMILES string of the molecule is COC(=O)[C@@H](N)Cc1cccc(C(c2ccccc2)C(F)(F)F)c1.Cl. The largest absolute Gasteiger partial charge is 0.468 e. The minimum atomic E-state index is -4.43. The third-order valence-electron chi connectivity index (χ3n) is 3.70. The molecule has 0 heterocycles. The standard InChI is InChI=1S/C18H18F3NO2.ClH/c1-24-17(23)15(22)11-12-6-5-9-14(10-12)16(18(19,20)21)13-7-3-2-4-8-13;/h2-10,15-16H,11,22H2,1H3;1H/t15-,16?;/m0./s1. The van der Waals surface area contributed by atoms with Crippen LogP contribution in [-0.4, -0.2) is 25.3 Å². The molecule has 0 saturated carbocycles. The molecular weight excluding hydrogens is 355 g/mol. The van der Waals surface area contributed by atoms with E-state index in [9.17, 15) is 18.0 Å². The van der Waals surface area contributed by atoms with Gasteiger partial charge >= 0.3 is 12.1 Å². The molecule has 0 aliphatic heterocycles. The van der Waals surface area contributed by atoms with E-state index in [0.29, 0.717) is 5.56 Å². The van der Waals surface area contributed by atoms with Gasteiger partial charge in [-0.2, -0.15) is 13.2 Å². The molecule has 2 rings (SSSR count). The van der Waals surface area contributed by atoms with Gasteiger partial charge < -0.3 is 10.5 Å². The first-order valence-electron chi connectivity index (χ1n) is 7.37. The normalized spacial score (nSPS) is 13.5. The van der Waals surface area contributed by atoms with Crippen LogP contribution in [0.15, 0.2) is 54.6 Å². The highest BCUT2D eigenvalue weighted by Crippen LogP contribution is 2.40. The number of methoxy groups -OCH3 is 1. The summed E-state index contributed by atoms with van der Waals surface area (Å²) < 4.78 is 45.3. The minimum Gasteiger partial charge on any atom is -0.468 e. The third-order valence-corrected chi connectivity index (χ3v) is 3.70. The molecule has 0 amide bonds. The lowest BCUT2D eigenvalue weighted by Gasteiger charge is -2.22. The van der Waals surface area contributed by atoms with Crippen molar-refractivity contribution in [2.45, 2.75) is 24.6 Å². The second-order valence-corrected chi connectivity index (χ2v) is 5.46. The molecule has 0 bridgehead atoms. The van der Waals surface area contributed by atoms with Gasteiger partial charge in [0.05, 0.1) is 7.11 Å². The molecule has 136 valence electrons. The molecule has 0 aliphatic rings. The molecule has 25 heavy (non-hydrogen) atoms. The monoisotopic (exact) mass is 373 g/mol. The number of halogens is 4. The first kappa shape index (κ1) is 21.0. The number of nitrogens with two attached hydrogens (primary N) is 1. The number of rotatable bonds is 5. The second kappa shape index (κ2) is 8.87. The van der Waals surface area contributed by atoms with Crippen LogP contribution in [0.25, 0.3) is 0 Å². The zero-order chi connectivity index (χ0) is 17.7. The van der Waals surface area contributed by atoms with E-state index in [0.717, 1.165) is 0 Å². The molecule has 2 aromatic rings. The fourth-order valence-electron chi connectivity index (χ4n) is 2.60. The van der Waals surface area contributed by atoms with Crippen LogP contribution in [0, 0.1) is 0 Å². The highest BCUT2D eigenvalue weighted by atomic mass is 35.5. The Hall–Kier alpha value is -2.05. The Labute approximate surface area is 150 Å². The van der Waals surface area contributed by atoms with Crippen molar-refractivity contribution in [3.05, 3.63) is 71.3 Å². The van der Waals surface area contributed by atoms with E-state index in [2.05, 4.69) is 4.74 Å². The topological polar surface area (TPSA) is 52.3 Å². The molecule has 2 atom stereocenters. The first-order valence-corrected chi connectivity index (χ1v) is 7.37. The third kappa shape index (κ3) is 5.47. The maximum atomic E-state index is 13.6. The van der Waals surface area contributed by atoms with Crippen LogP contribution >= 0.6 is 12.4 Å². The van der Waals surface area contributed by atoms with Crippen molar-refractivity contribution in [1.82, 2.24) is 0 Å². The van der Waals surface area contributed by atoms with Crippen LogP contribution in [0.4, 0.5) is 13.2 Å². The number of carbonyl (C=O) groups is 1. The summed E-state index contributed by atoms with van der Waals surface area (Å²) in [5.41, 5.74) is 6.52. The molecule has 0 aliphatic carbocycles. The van der Waals surface area contributed by atoms with Crippen molar-refractivity contribution in [3.8, 4) is 0 Å². The van der Waals surface area contributed by atoms with Crippen molar-refractivity contribution in [3.63, 3.8) is 0 Å². The summed E-state index contributed by atoms with van der Waals surface area (Å²) in [6.45, 7) is 0. The van der Waals surface area contributed by atoms with E-state index in [1.165, 1.54) is 37.4 Å². The average molecular weight is 374 g/mol. The van der Waals surface area contributed by atoms with Gasteiger partial charge in [-0.25, -0.2) is 0 Å².